The SMILES string of the molecule is OC[C@@H]1CCCN1c1nccc(I)c1Cl. The van der Waals surface area contributed by atoms with Gasteiger partial charge in [0.15, 0.2) is 0 Å². The van der Waals surface area contributed by atoms with Crippen molar-refractivity contribution in [2.24, 2.45) is 0 Å². The van der Waals surface area contributed by atoms with Crippen LogP contribution in [0, 0.1) is 3.57 Å². The number of rotatable bonds is 2. The molecule has 3 nitrogen and oxygen atoms in total. The van der Waals surface area contributed by atoms with E-state index in [2.05, 4.69) is 32.5 Å². The van der Waals surface area contributed by atoms with Gasteiger partial charge in [-0.25, -0.2) is 4.98 Å². The quantitative estimate of drug-likeness (QED) is 0.841. The summed E-state index contributed by atoms with van der Waals surface area (Å²) in [5, 5.41) is 9.94. The summed E-state index contributed by atoms with van der Waals surface area (Å²) in [6.07, 6.45) is 3.87. The van der Waals surface area contributed by atoms with Gasteiger partial charge in [-0.15, -0.1) is 0 Å². The number of hydrogen-bond acceptors (Lipinski definition) is 3. The fourth-order valence-corrected chi connectivity index (χ4v) is 2.54. The molecule has 0 amide bonds. The molecule has 5 heteroatoms. The third-order valence-corrected chi connectivity index (χ3v) is 4.27. The predicted octanol–water partition coefficient (Wildman–Crippen LogP) is 2.30. The summed E-state index contributed by atoms with van der Waals surface area (Å²) >= 11 is 8.40. The second-order valence-corrected chi connectivity index (χ2v) is 5.14. The zero-order chi connectivity index (χ0) is 10.8. The number of aliphatic hydroxyl groups excluding tert-OH is 1. The highest BCUT2D eigenvalue weighted by atomic mass is 127. The summed E-state index contributed by atoms with van der Waals surface area (Å²) in [7, 11) is 0. The topological polar surface area (TPSA) is 36.4 Å². The van der Waals surface area contributed by atoms with Crippen molar-refractivity contribution in [1.29, 1.82) is 0 Å². The Morgan fingerprint density at radius 1 is 1.67 bits per heavy atom. The van der Waals surface area contributed by atoms with E-state index in [-0.39, 0.29) is 12.6 Å². The van der Waals surface area contributed by atoms with Crippen molar-refractivity contribution in [3.63, 3.8) is 0 Å². The number of halogens is 2. The molecule has 0 spiro atoms. The molecule has 15 heavy (non-hydrogen) atoms. The average molecular weight is 339 g/mol. The summed E-state index contributed by atoms with van der Waals surface area (Å²) in [4.78, 5) is 6.40. The Balaban J connectivity index is 2.32. The first-order valence-electron chi connectivity index (χ1n) is 4.91. The largest absolute Gasteiger partial charge is 0.394 e. The predicted molar refractivity (Wildman–Crippen MR) is 69.4 cm³/mol. The monoisotopic (exact) mass is 338 g/mol. The number of hydrogen-bond donors (Lipinski definition) is 1. The highest BCUT2D eigenvalue weighted by Crippen LogP contribution is 2.32. The van der Waals surface area contributed by atoms with Crippen molar-refractivity contribution in [1.82, 2.24) is 4.98 Å². The standard InChI is InChI=1S/C10H12ClIN2O/c11-9-8(12)3-4-13-10(9)14-5-1-2-7(14)6-15/h3-4,7,15H,1-2,5-6H2/t7-/m0/s1. The number of nitrogens with zero attached hydrogens (tertiary/aromatic N) is 2. The fraction of sp³-hybridized carbons (Fsp3) is 0.500. The Bertz CT molecular complexity index is 361. The van der Waals surface area contributed by atoms with E-state index in [9.17, 15) is 5.11 Å². The minimum Gasteiger partial charge on any atom is -0.394 e. The molecule has 0 saturated carbocycles. The van der Waals surface area contributed by atoms with Crippen molar-refractivity contribution in [2.45, 2.75) is 18.9 Å². The van der Waals surface area contributed by atoms with Crippen LogP contribution in [0.1, 0.15) is 12.8 Å². The molecule has 0 radical (unpaired) electrons. The molecule has 1 saturated heterocycles. The third kappa shape index (κ3) is 2.21. The van der Waals surface area contributed by atoms with E-state index >= 15 is 0 Å². The van der Waals surface area contributed by atoms with Crippen LogP contribution in [0.3, 0.4) is 0 Å². The van der Waals surface area contributed by atoms with Crippen LogP contribution in [-0.2, 0) is 0 Å². The molecule has 1 aromatic heterocycles. The first kappa shape index (κ1) is 11.4. The minimum absolute atomic E-state index is 0.170. The average Bonchev–Trinajstić information content (AvgIpc) is 2.70. The van der Waals surface area contributed by atoms with Gasteiger partial charge in [-0.3, -0.25) is 0 Å². The van der Waals surface area contributed by atoms with Gasteiger partial charge in [-0.05, 0) is 41.5 Å². The Kier molecular flexibility index (Phi) is 3.69. The van der Waals surface area contributed by atoms with E-state index in [0.29, 0.717) is 5.02 Å². The van der Waals surface area contributed by atoms with Gasteiger partial charge >= 0.3 is 0 Å². The molecule has 82 valence electrons. The minimum atomic E-state index is 0.170. The first-order chi connectivity index (χ1) is 7.24. The Morgan fingerprint density at radius 2 is 2.47 bits per heavy atom. The number of aromatic nitrogens is 1. The Hall–Kier alpha value is -0.0700. The van der Waals surface area contributed by atoms with Crippen molar-refractivity contribution < 1.29 is 5.11 Å². The third-order valence-electron chi connectivity index (χ3n) is 2.68. The lowest BCUT2D eigenvalue weighted by molar-refractivity contribution is 0.266. The molecular weight excluding hydrogens is 326 g/mol. The summed E-state index contributed by atoms with van der Waals surface area (Å²) in [6, 6.07) is 2.06. The van der Waals surface area contributed by atoms with Crippen LogP contribution in [0.25, 0.3) is 0 Å². The lowest BCUT2D eigenvalue weighted by Crippen LogP contribution is -2.33. The number of aliphatic hydroxyl groups is 1. The van der Waals surface area contributed by atoms with Crippen LogP contribution < -0.4 is 4.90 Å². The maximum Gasteiger partial charge on any atom is 0.148 e. The van der Waals surface area contributed by atoms with Crippen LogP contribution in [0.15, 0.2) is 12.3 Å². The van der Waals surface area contributed by atoms with E-state index in [1.54, 1.807) is 6.20 Å². The van der Waals surface area contributed by atoms with Gasteiger partial charge in [0, 0.05) is 16.3 Å². The van der Waals surface area contributed by atoms with E-state index < -0.39 is 0 Å². The lowest BCUT2D eigenvalue weighted by atomic mass is 10.2. The molecule has 1 fully saturated rings. The lowest BCUT2D eigenvalue weighted by Gasteiger charge is -2.25. The summed E-state index contributed by atoms with van der Waals surface area (Å²) in [6.45, 7) is 1.10. The van der Waals surface area contributed by atoms with Crippen LogP contribution >= 0.6 is 34.2 Å². The molecule has 1 N–H and O–H groups in total. The van der Waals surface area contributed by atoms with Gasteiger partial charge in [0.25, 0.3) is 0 Å². The molecule has 1 aliphatic rings. The second-order valence-electron chi connectivity index (χ2n) is 3.60. The van der Waals surface area contributed by atoms with Crippen molar-refractivity contribution >= 4 is 40.0 Å². The van der Waals surface area contributed by atoms with E-state index in [1.165, 1.54) is 0 Å². The second kappa shape index (κ2) is 4.84. The van der Waals surface area contributed by atoms with E-state index in [0.717, 1.165) is 28.8 Å². The molecule has 1 atom stereocenters. The van der Waals surface area contributed by atoms with Gasteiger partial charge in [0.1, 0.15) is 5.82 Å². The molecule has 1 aliphatic heterocycles. The molecule has 0 bridgehead atoms. The van der Waals surface area contributed by atoms with Gasteiger partial charge in [0.05, 0.1) is 17.7 Å². The van der Waals surface area contributed by atoms with E-state index in [1.807, 2.05) is 6.07 Å². The molecule has 0 aliphatic carbocycles. The van der Waals surface area contributed by atoms with E-state index in [4.69, 9.17) is 11.6 Å². The normalized spacial score (nSPS) is 21.0. The Morgan fingerprint density at radius 3 is 3.20 bits per heavy atom. The van der Waals surface area contributed by atoms with Crippen LogP contribution in [0.4, 0.5) is 5.82 Å². The maximum atomic E-state index is 9.24. The summed E-state index contributed by atoms with van der Waals surface area (Å²) in [5.41, 5.74) is 0. The molecule has 1 aromatic rings. The smallest absolute Gasteiger partial charge is 0.148 e. The fourth-order valence-electron chi connectivity index (χ4n) is 1.91. The molecule has 2 rings (SSSR count). The summed E-state index contributed by atoms with van der Waals surface area (Å²) in [5.74, 6) is 0.806. The van der Waals surface area contributed by atoms with Gasteiger partial charge in [-0.2, -0.15) is 0 Å². The number of pyridine rings is 1. The van der Waals surface area contributed by atoms with Crippen molar-refractivity contribution in [3.8, 4) is 0 Å². The highest BCUT2D eigenvalue weighted by Gasteiger charge is 2.26. The molecule has 0 unspecified atom stereocenters. The number of anilines is 1. The first-order valence-corrected chi connectivity index (χ1v) is 6.37. The maximum absolute atomic E-state index is 9.24. The molecule has 2 heterocycles. The van der Waals surface area contributed by atoms with Crippen molar-refractivity contribution in [3.05, 3.63) is 20.9 Å². The zero-order valence-corrected chi connectivity index (χ0v) is 11.1. The molecular formula is C10H12ClIN2O. The molecule has 0 aromatic carbocycles. The zero-order valence-electron chi connectivity index (χ0n) is 8.16. The van der Waals surface area contributed by atoms with Crippen LogP contribution in [0.5, 0.6) is 0 Å². The van der Waals surface area contributed by atoms with Crippen LogP contribution in [-0.4, -0.2) is 29.3 Å². The van der Waals surface area contributed by atoms with Gasteiger partial charge in [0.2, 0.25) is 0 Å². The van der Waals surface area contributed by atoms with Crippen LogP contribution in [0.2, 0.25) is 5.02 Å². The van der Waals surface area contributed by atoms with Crippen molar-refractivity contribution in [2.75, 3.05) is 18.1 Å². The Labute approximate surface area is 108 Å². The summed E-state index contributed by atoms with van der Waals surface area (Å²) < 4.78 is 1.00. The van der Waals surface area contributed by atoms with Gasteiger partial charge < -0.3 is 10.0 Å². The van der Waals surface area contributed by atoms with Gasteiger partial charge in [-0.1, -0.05) is 11.6 Å². The highest BCUT2D eigenvalue weighted by molar-refractivity contribution is 14.1.